The molecule has 0 aromatic carbocycles. The molecule has 1 unspecified atom stereocenters. The van der Waals surface area contributed by atoms with Gasteiger partial charge in [-0.25, -0.2) is 0 Å². The molecule has 4 heteroatoms. The highest BCUT2D eigenvalue weighted by molar-refractivity contribution is 9.13. The van der Waals surface area contributed by atoms with Gasteiger partial charge in [0.05, 0.1) is 9.16 Å². The van der Waals surface area contributed by atoms with Gasteiger partial charge in [-0.05, 0) is 62.6 Å². The number of rotatable bonds is 5. The van der Waals surface area contributed by atoms with Crippen molar-refractivity contribution in [3.05, 3.63) is 19.2 Å². The van der Waals surface area contributed by atoms with E-state index in [2.05, 4.69) is 44.8 Å². The van der Waals surface area contributed by atoms with Crippen LogP contribution >= 0.6 is 54.8 Å². The fraction of sp³-hybridized carbons (Fsp3) is 0.733. The van der Waals surface area contributed by atoms with Gasteiger partial charge < -0.3 is 0 Å². The molecule has 1 fully saturated rings. The lowest BCUT2D eigenvalue weighted by Gasteiger charge is -2.30. The second-order valence-electron chi connectivity index (χ2n) is 5.60. The molecule has 1 aromatic heterocycles. The van der Waals surface area contributed by atoms with E-state index in [0.717, 1.165) is 14.2 Å². The lowest BCUT2D eigenvalue weighted by Crippen LogP contribution is -2.17. The molecule has 0 aliphatic heterocycles. The Morgan fingerprint density at radius 1 is 1.32 bits per heavy atom. The van der Waals surface area contributed by atoms with Crippen LogP contribution in [0.5, 0.6) is 0 Å². The first-order valence-corrected chi connectivity index (χ1v) is 10.0. The number of hydrogen-bond acceptors (Lipinski definition) is 1. The van der Waals surface area contributed by atoms with Gasteiger partial charge in [0.25, 0.3) is 0 Å². The molecule has 0 amide bonds. The monoisotopic (exact) mass is 426 g/mol. The van der Waals surface area contributed by atoms with Crippen LogP contribution in [0, 0.1) is 11.8 Å². The topological polar surface area (TPSA) is 0 Å². The predicted molar refractivity (Wildman–Crippen MR) is 93.3 cm³/mol. The molecule has 0 bridgehead atoms. The van der Waals surface area contributed by atoms with Crippen molar-refractivity contribution in [2.24, 2.45) is 11.8 Å². The van der Waals surface area contributed by atoms with Crippen LogP contribution in [0.1, 0.15) is 62.1 Å². The average molecular weight is 429 g/mol. The second kappa shape index (κ2) is 7.82. The molecule has 1 aliphatic carbocycles. The third kappa shape index (κ3) is 4.46. The minimum atomic E-state index is 0.194. The smallest absolute Gasteiger partial charge is 0.0843 e. The number of unbranched alkanes of at least 4 members (excludes halogenated alkanes) is 1. The Hall–Kier alpha value is 0.950. The van der Waals surface area contributed by atoms with Crippen molar-refractivity contribution >= 4 is 54.8 Å². The van der Waals surface area contributed by atoms with Gasteiger partial charge in [-0.1, -0.05) is 39.0 Å². The van der Waals surface area contributed by atoms with E-state index in [1.807, 2.05) is 0 Å². The van der Waals surface area contributed by atoms with Crippen LogP contribution in [0.15, 0.2) is 14.3 Å². The molecule has 0 spiro atoms. The quantitative estimate of drug-likeness (QED) is 0.425. The Bertz CT molecular complexity index is 377. The summed E-state index contributed by atoms with van der Waals surface area (Å²) in [6.45, 7) is 2.28. The third-order valence-electron chi connectivity index (χ3n) is 4.21. The van der Waals surface area contributed by atoms with Crippen LogP contribution < -0.4 is 0 Å². The molecule has 1 heterocycles. The van der Waals surface area contributed by atoms with E-state index in [-0.39, 0.29) is 5.38 Å². The highest BCUT2D eigenvalue weighted by Crippen LogP contribution is 2.46. The van der Waals surface area contributed by atoms with E-state index in [0.29, 0.717) is 5.92 Å². The van der Waals surface area contributed by atoms with Gasteiger partial charge in [-0.2, -0.15) is 0 Å². The van der Waals surface area contributed by atoms with E-state index >= 15 is 0 Å². The van der Waals surface area contributed by atoms with Crippen molar-refractivity contribution in [3.8, 4) is 0 Å². The zero-order chi connectivity index (χ0) is 13.8. The largest absolute Gasteiger partial charge is 0.130 e. The number of thiophene rings is 1. The summed E-state index contributed by atoms with van der Waals surface area (Å²) in [6, 6.07) is 2.18. The van der Waals surface area contributed by atoms with Crippen LogP contribution in [-0.2, 0) is 0 Å². The predicted octanol–water partition coefficient (Wildman–Crippen LogP) is 7.55. The van der Waals surface area contributed by atoms with Gasteiger partial charge in [-0.3, -0.25) is 0 Å². The van der Waals surface area contributed by atoms with Gasteiger partial charge >= 0.3 is 0 Å². The Morgan fingerprint density at radius 2 is 2.00 bits per heavy atom. The molecule has 0 nitrogen and oxygen atoms in total. The molecule has 1 aliphatic rings. The lowest BCUT2D eigenvalue weighted by molar-refractivity contribution is 0.255. The van der Waals surface area contributed by atoms with Gasteiger partial charge in [0.15, 0.2) is 0 Å². The normalized spacial score (nSPS) is 25.5. The minimum absolute atomic E-state index is 0.194. The first-order chi connectivity index (χ1) is 9.11. The van der Waals surface area contributed by atoms with Crippen LogP contribution in [0.4, 0.5) is 0 Å². The van der Waals surface area contributed by atoms with Crippen molar-refractivity contribution in [2.45, 2.75) is 57.2 Å². The first kappa shape index (κ1) is 16.3. The third-order valence-corrected chi connectivity index (χ3v) is 8.27. The Kier molecular flexibility index (Phi) is 6.71. The van der Waals surface area contributed by atoms with Crippen molar-refractivity contribution in [2.75, 3.05) is 0 Å². The van der Waals surface area contributed by atoms with Crippen molar-refractivity contribution in [1.29, 1.82) is 0 Å². The molecule has 0 radical (unpaired) electrons. The summed E-state index contributed by atoms with van der Waals surface area (Å²) in [5.74, 6) is 1.62. The number of hydrogen-bond donors (Lipinski definition) is 0. The molecular weight excluding hydrogens is 407 g/mol. The maximum Gasteiger partial charge on any atom is 0.0843 e. The fourth-order valence-electron chi connectivity index (χ4n) is 2.99. The maximum absolute atomic E-state index is 6.69. The van der Waals surface area contributed by atoms with E-state index in [9.17, 15) is 0 Å². The Balaban J connectivity index is 1.87. The first-order valence-electron chi connectivity index (χ1n) is 7.20. The SMILES string of the molecule is CCCCC1CCC(C(Cl)c2cc(Br)c(Br)s2)CC1. The summed E-state index contributed by atoms with van der Waals surface area (Å²) >= 11 is 15.6. The summed E-state index contributed by atoms with van der Waals surface area (Å²) < 4.78 is 2.29. The van der Waals surface area contributed by atoms with Gasteiger partial charge in [0.1, 0.15) is 0 Å². The molecular formula is C15H21Br2ClS. The van der Waals surface area contributed by atoms with Crippen molar-refractivity contribution in [3.63, 3.8) is 0 Å². The minimum Gasteiger partial charge on any atom is -0.130 e. The molecule has 108 valence electrons. The number of alkyl halides is 1. The van der Waals surface area contributed by atoms with Gasteiger partial charge in [-0.15, -0.1) is 22.9 Å². The summed E-state index contributed by atoms with van der Waals surface area (Å²) in [6.07, 6.45) is 9.50. The van der Waals surface area contributed by atoms with Crippen molar-refractivity contribution < 1.29 is 0 Å². The van der Waals surface area contributed by atoms with Crippen LogP contribution in [-0.4, -0.2) is 0 Å². The highest BCUT2D eigenvalue weighted by Gasteiger charge is 2.28. The molecule has 0 N–H and O–H groups in total. The van der Waals surface area contributed by atoms with Crippen LogP contribution in [0.3, 0.4) is 0 Å². The van der Waals surface area contributed by atoms with E-state index in [4.69, 9.17) is 11.6 Å². The van der Waals surface area contributed by atoms with Gasteiger partial charge in [0, 0.05) is 9.35 Å². The van der Waals surface area contributed by atoms with E-state index in [1.165, 1.54) is 49.8 Å². The summed E-state index contributed by atoms with van der Waals surface area (Å²) in [5, 5.41) is 0.194. The second-order valence-corrected chi connectivity index (χ2v) is 9.32. The molecule has 2 rings (SSSR count). The van der Waals surface area contributed by atoms with Crippen molar-refractivity contribution in [1.82, 2.24) is 0 Å². The maximum atomic E-state index is 6.69. The molecule has 19 heavy (non-hydrogen) atoms. The van der Waals surface area contributed by atoms with Gasteiger partial charge in [0.2, 0.25) is 0 Å². The molecule has 1 saturated carbocycles. The average Bonchev–Trinajstić information content (AvgIpc) is 2.76. The van der Waals surface area contributed by atoms with Crippen LogP contribution in [0.2, 0.25) is 0 Å². The zero-order valence-corrected chi connectivity index (χ0v) is 16.0. The Morgan fingerprint density at radius 3 is 2.53 bits per heavy atom. The Labute approximate surface area is 142 Å². The molecule has 1 atom stereocenters. The zero-order valence-electron chi connectivity index (χ0n) is 11.3. The lowest BCUT2D eigenvalue weighted by atomic mass is 9.78. The molecule has 0 saturated heterocycles. The van der Waals surface area contributed by atoms with E-state index in [1.54, 1.807) is 11.3 Å². The standard InChI is InChI=1S/C15H21Br2ClS/c1-2-3-4-10-5-7-11(8-6-10)14(18)13-9-12(16)15(17)19-13/h9-11,14H,2-8H2,1H3. The number of halogens is 3. The van der Waals surface area contributed by atoms with Crippen LogP contribution in [0.25, 0.3) is 0 Å². The van der Waals surface area contributed by atoms with E-state index < -0.39 is 0 Å². The summed E-state index contributed by atoms with van der Waals surface area (Å²) in [7, 11) is 0. The highest BCUT2D eigenvalue weighted by atomic mass is 79.9. The molecule has 1 aromatic rings. The summed E-state index contributed by atoms with van der Waals surface area (Å²) in [5.41, 5.74) is 0. The summed E-state index contributed by atoms with van der Waals surface area (Å²) in [4.78, 5) is 1.30. The fourth-order valence-corrected chi connectivity index (χ4v) is 5.60.